The number of hydrogen-bond acceptors (Lipinski definition) is 5. The minimum absolute atomic E-state index is 0.0138. The second-order valence-corrected chi connectivity index (χ2v) is 4.33. The summed E-state index contributed by atoms with van der Waals surface area (Å²) in [5, 5.41) is 0.0848. The Labute approximate surface area is 127 Å². The molecule has 0 unspecified atom stereocenters. The number of pyridine rings is 1. The van der Waals surface area contributed by atoms with Crippen LogP contribution in [0.3, 0.4) is 0 Å². The second kappa shape index (κ2) is 7.48. The number of alkyl halides is 4. The maximum absolute atomic E-state index is 12.4. The van der Waals surface area contributed by atoms with Crippen molar-refractivity contribution < 1.29 is 32.2 Å². The Morgan fingerprint density at radius 1 is 1.43 bits per heavy atom. The molecule has 0 saturated carbocycles. The van der Waals surface area contributed by atoms with Crippen LogP contribution < -0.4 is 9.47 Å². The minimum atomic E-state index is -4.88. The lowest BCUT2D eigenvalue weighted by molar-refractivity contribution is -0.276. The van der Waals surface area contributed by atoms with Crippen molar-refractivity contribution in [1.29, 1.82) is 0 Å². The predicted molar refractivity (Wildman–Crippen MR) is 70.4 cm³/mol. The fourth-order valence-electron chi connectivity index (χ4n) is 1.50. The Hall–Kier alpha value is -1.51. The number of halogens is 4. The molecule has 0 N–H and O–H groups in total. The molecule has 0 atom stereocenters. The van der Waals surface area contributed by atoms with Crippen LogP contribution in [0.25, 0.3) is 0 Å². The molecule has 1 heterocycles. The summed E-state index contributed by atoms with van der Waals surface area (Å²) < 4.78 is 50.7. The largest absolute Gasteiger partial charge is 0.574 e. The molecule has 0 bridgehead atoms. The van der Waals surface area contributed by atoms with E-state index >= 15 is 0 Å². The number of ether oxygens (including phenoxy) is 3. The van der Waals surface area contributed by atoms with Gasteiger partial charge in [-0.1, -0.05) is 15.9 Å². The van der Waals surface area contributed by atoms with Crippen LogP contribution in [0.15, 0.2) is 6.07 Å². The van der Waals surface area contributed by atoms with Crippen LogP contribution in [0, 0.1) is 0 Å². The summed E-state index contributed by atoms with van der Waals surface area (Å²) >= 11 is 3.04. The molecule has 0 aliphatic carbocycles. The number of aromatic nitrogens is 1. The fourth-order valence-corrected chi connectivity index (χ4v) is 1.90. The highest BCUT2D eigenvalue weighted by atomic mass is 79.9. The molecule has 1 aromatic heterocycles. The van der Waals surface area contributed by atoms with Crippen molar-refractivity contribution in [3.63, 3.8) is 0 Å². The van der Waals surface area contributed by atoms with Crippen LogP contribution in [0.4, 0.5) is 13.2 Å². The minimum Gasteiger partial charge on any atom is -0.495 e. The van der Waals surface area contributed by atoms with Gasteiger partial charge in [0.2, 0.25) is 5.88 Å². The van der Waals surface area contributed by atoms with E-state index in [1.165, 1.54) is 13.2 Å². The zero-order valence-electron chi connectivity index (χ0n) is 11.3. The van der Waals surface area contributed by atoms with Crippen LogP contribution in [-0.4, -0.2) is 31.0 Å². The predicted octanol–water partition coefficient (Wildman–Crippen LogP) is 2.99. The van der Waals surface area contributed by atoms with Gasteiger partial charge in [0.1, 0.15) is 5.75 Å². The SMILES string of the molecule is CCOC(=O)Cc1nc(OC(F)(F)F)c(CBr)cc1OC. The van der Waals surface area contributed by atoms with Crippen molar-refractivity contribution in [2.24, 2.45) is 0 Å². The van der Waals surface area contributed by atoms with E-state index in [4.69, 9.17) is 9.47 Å². The molecule has 0 radical (unpaired) electrons. The Morgan fingerprint density at radius 3 is 2.57 bits per heavy atom. The van der Waals surface area contributed by atoms with Gasteiger partial charge in [-0.3, -0.25) is 4.79 Å². The van der Waals surface area contributed by atoms with Gasteiger partial charge in [-0.05, 0) is 13.0 Å². The Balaban J connectivity index is 3.16. The van der Waals surface area contributed by atoms with E-state index in [9.17, 15) is 18.0 Å². The topological polar surface area (TPSA) is 57.7 Å². The Morgan fingerprint density at radius 2 is 2.10 bits per heavy atom. The number of rotatable bonds is 6. The summed E-state index contributed by atoms with van der Waals surface area (Å²) in [5.41, 5.74) is 0.164. The summed E-state index contributed by atoms with van der Waals surface area (Å²) in [6.07, 6.45) is -5.19. The maximum Gasteiger partial charge on any atom is 0.574 e. The molecule has 1 aromatic rings. The molecule has 0 saturated heterocycles. The molecule has 5 nitrogen and oxygen atoms in total. The maximum atomic E-state index is 12.4. The lowest BCUT2D eigenvalue weighted by atomic mass is 10.2. The third-order valence-electron chi connectivity index (χ3n) is 2.29. The molecule has 0 spiro atoms. The van der Waals surface area contributed by atoms with Crippen molar-refractivity contribution in [2.75, 3.05) is 13.7 Å². The van der Waals surface area contributed by atoms with Gasteiger partial charge in [0.15, 0.2) is 0 Å². The highest BCUT2D eigenvalue weighted by molar-refractivity contribution is 9.08. The molecule has 9 heteroatoms. The van der Waals surface area contributed by atoms with Gasteiger partial charge in [-0.15, -0.1) is 13.2 Å². The van der Waals surface area contributed by atoms with Crippen molar-refractivity contribution in [3.05, 3.63) is 17.3 Å². The zero-order chi connectivity index (χ0) is 16.0. The van der Waals surface area contributed by atoms with Gasteiger partial charge in [0, 0.05) is 10.9 Å². The first kappa shape index (κ1) is 17.5. The molecule has 0 aliphatic heterocycles. The van der Waals surface area contributed by atoms with Crippen molar-refractivity contribution in [2.45, 2.75) is 25.0 Å². The quantitative estimate of drug-likeness (QED) is 0.568. The van der Waals surface area contributed by atoms with Gasteiger partial charge < -0.3 is 14.2 Å². The Kier molecular flexibility index (Phi) is 6.25. The lowest BCUT2D eigenvalue weighted by Crippen LogP contribution is -2.20. The third kappa shape index (κ3) is 5.41. The van der Waals surface area contributed by atoms with Crippen LogP contribution >= 0.6 is 15.9 Å². The van der Waals surface area contributed by atoms with E-state index in [-0.39, 0.29) is 35.4 Å². The molecule has 0 aromatic carbocycles. The Bertz CT molecular complexity index is 508. The van der Waals surface area contributed by atoms with Gasteiger partial charge in [0.25, 0.3) is 0 Å². The van der Waals surface area contributed by atoms with E-state index in [2.05, 4.69) is 25.7 Å². The number of carbonyl (C=O) groups excluding carboxylic acids is 1. The van der Waals surface area contributed by atoms with Crippen LogP contribution in [0.5, 0.6) is 11.6 Å². The highest BCUT2D eigenvalue weighted by Crippen LogP contribution is 2.31. The highest BCUT2D eigenvalue weighted by Gasteiger charge is 2.33. The van der Waals surface area contributed by atoms with E-state index in [1.807, 2.05) is 0 Å². The van der Waals surface area contributed by atoms with E-state index < -0.39 is 18.2 Å². The van der Waals surface area contributed by atoms with Crippen molar-refractivity contribution in [3.8, 4) is 11.6 Å². The molecule has 21 heavy (non-hydrogen) atoms. The molecular weight excluding hydrogens is 359 g/mol. The van der Waals surface area contributed by atoms with Crippen molar-refractivity contribution >= 4 is 21.9 Å². The number of esters is 1. The summed E-state index contributed by atoms with van der Waals surface area (Å²) in [5.74, 6) is -1.06. The monoisotopic (exact) mass is 371 g/mol. The number of hydrogen-bond donors (Lipinski definition) is 0. The normalized spacial score (nSPS) is 11.1. The first-order valence-corrected chi connectivity index (χ1v) is 6.97. The smallest absolute Gasteiger partial charge is 0.495 e. The third-order valence-corrected chi connectivity index (χ3v) is 2.90. The summed E-state index contributed by atoms with van der Waals surface area (Å²) in [6.45, 7) is 1.78. The molecular formula is C12H13BrF3NO4. The number of methoxy groups -OCH3 is 1. The van der Waals surface area contributed by atoms with Crippen LogP contribution in [0.1, 0.15) is 18.2 Å². The first-order chi connectivity index (χ1) is 9.80. The fraction of sp³-hybridized carbons (Fsp3) is 0.500. The molecule has 118 valence electrons. The number of carbonyl (C=O) groups is 1. The van der Waals surface area contributed by atoms with Crippen LogP contribution in [0.2, 0.25) is 0 Å². The summed E-state index contributed by atoms with van der Waals surface area (Å²) in [6, 6.07) is 1.33. The molecule has 0 amide bonds. The zero-order valence-corrected chi connectivity index (χ0v) is 12.9. The summed E-state index contributed by atoms with van der Waals surface area (Å²) in [7, 11) is 1.33. The molecule has 0 aliphatic rings. The average Bonchev–Trinajstić information content (AvgIpc) is 2.37. The van der Waals surface area contributed by atoms with Gasteiger partial charge >= 0.3 is 12.3 Å². The lowest BCUT2D eigenvalue weighted by Gasteiger charge is -2.15. The van der Waals surface area contributed by atoms with Gasteiger partial charge in [0.05, 0.1) is 25.8 Å². The van der Waals surface area contributed by atoms with E-state index in [0.717, 1.165) is 0 Å². The van der Waals surface area contributed by atoms with E-state index in [1.54, 1.807) is 6.92 Å². The molecule has 0 fully saturated rings. The first-order valence-electron chi connectivity index (χ1n) is 5.84. The summed E-state index contributed by atoms with van der Waals surface area (Å²) in [4.78, 5) is 15.2. The van der Waals surface area contributed by atoms with Gasteiger partial charge in [-0.25, -0.2) is 4.98 Å². The standard InChI is InChI=1S/C12H13BrF3NO4/c1-3-20-10(18)5-8-9(19-2)4-7(6-13)11(17-8)21-12(14,15)16/h4H,3,5-6H2,1-2H3. The van der Waals surface area contributed by atoms with Crippen molar-refractivity contribution in [1.82, 2.24) is 4.98 Å². The van der Waals surface area contributed by atoms with E-state index in [0.29, 0.717) is 0 Å². The number of nitrogens with zero attached hydrogens (tertiary/aromatic N) is 1. The van der Waals surface area contributed by atoms with Gasteiger partial charge in [-0.2, -0.15) is 0 Å². The second-order valence-electron chi connectivity index (χ2n) is 3.76. The average molecular weight is 372 g/mol. The molecule has 1 rings (SSSR count). The van der Waals surface area contributed by atoms with Crippen LogP contribution in [-0.2, 0) is 21.3 Å².